The average molecular weight is 452 g/mol. The van der Waals surface area contributed by atoms with E-state index in [1.165, 1.54) is 0 Å². The number of nitrogens with one attached hydrogen (secondary N) is 3. The molecule has 0 unspecified atom stereocenters. The summed E-state index contributed by atoms with van der Waals surface area (Å²) in [6.07, 6.45) is 1.19. The highest BCUT2D eigenvalue weighted by molar-refractivity contribution is 5.77. The van der Waals surface area contributed by atoms with Crippen molar-refractivity contribution < 1.29 is 28.6 Å². The molecule has 3 N–H and O–H groups in total. The van der Waals surface area contributed by atoms with Crippen molar-refractivity contribution in [1.29, 1.82) is 0 Å². The molecule has 1 aromatic rings. The molecular formula is C23H37N3O6. The average Bonchev–Trinajstić information content (AvgIpc) is 2.71. The van der Waals surface area contributed by atoms with E-state index in [0.29, 0.717) is 50.5 Å². The van der Waals surface area contributed by atoms with Gasteiger partial charge in [0.25, 0.3) is 0 Å². The van der Waals surface area contributed by atoms with Crippen molar-refractivity contribution in [2.45, 2.75) is 59.0 Å². The number of benzene rings is 1. The Hall–Kier alpha value is -2.97. The van der Waals surface area contributed by atoms with Crippen molar-refractivity contribution in [3.05, 3.63) is 23.8 Å². The smallest absolute Gasteiger partial charge is 0.407 e. The highest BCUT2D eigenvalue weighted by Crippen LogP contribution is 2.28. The Labute approximate surface area is 190 Å². The number of methoxy groups -OCH3 is 1. The molecule has 0 fully saturated rings. The van der Waals surface area contributed by atoms with Crippen LogP contribution in [0.25, 0.3) is 0 Å². The number of hydrogen-bond acceptors (Lipinski definition) is 6. The van der Waals surface area contributed by atoms with Gasteiger partial charge in [-0.05, 0) is 58.2 Å². The van der Waals surface area contributed by atoms with E-state index in [-0.39, 0.29) is 24.8 Å². The fraction of sp³-hybridized carbons (Fsp3) is 0.609. The van der Waals surface area contributed by atoms with E-state index in [4.69, 9.17) is 14.2 Å². The van der Waals surface area contributed by atoms with E-state index in [2.05, 4.69) is 16.0 Å². The van der Waals surface area contributed by atoms with Crippen LogP contribution in [-0.4, -0.2) is 56.9 Å². The van der Waals surface area contributed by atoms with Gasteiger partial charge < -0.3 is 30.2 Å². The lowest BCUT2D eigenvalue weighted by Gasteiger charge is -2.19. The maximum Gasteiger partial charge on any atom is 0.407 e. The van der Waals surface area contributed by atoms with Gasteiger partial charge in [0.1, 0.15) is 5.60 Å². The molecule has 3 amide bonds. The van der Waals surface area contributed by atoms with Crippen LogP contribution in [0.5, 0.6) is 11.5 Å². The third-order valence-electron chi connectivity index (χ3n) is 4.19. The molecule has 1 rings (SSSR count). The molecule has 0 aliphatic carbocycles. The van der Waals surface area contributed by atoms with Crippen LogP contribution in [0, 0.1) is 0 Å². The topological polar surface area (TPSA) is 115 Å². The second-order valence-electron chi connectivity index (χ2n) is 8.15. The molecule has 0 saturated heterocycles. The number of alkyl carbamates (subject to hydrolysis) is 1. The first-order valence-corrected chi connectivity index (χ1v) is 10.9. The van der Waals surface area contributed by atoms with Gasteiger partial charge in [-0.15, -0.1) is 0 Å². The lowest BCUT2D eigenvalue weighted by molar-refractivity contribution is -0.121. The SMILES string of the molecule is CCOc1ccc(CCC(=O)NCCCNC(=O)CCNC(=O)OC(C)(C)C)cc1OC. The monoisotopic (exact) mass is 451 g/mol. The first-order chi connectivity index (χ1) is 15.1. The molecular weight excluding hydrogens is 414 g/mol. The lowest BCUT2D eigenvalue weighted by Crippen LogP contribution is -2.35. The molecule has 9 nitrogen and oxygen atoms in total. The van der Waals surface area contributed by atoms with Crippen molar-refractivity contribution in [3.63, 3.8) is 0 Å². The number of rotatable bonds is 13. The molecule has 0 aromatic heterocycles. The largest absolute Gasteiger partial charge is 0.493 e. The summed E-state index contributed by atoms with van der Waals surface area (Å²) in [5, 5.41) is 8.14. The van der Waals surface area contributed by atoms with Crippen molar-refractivity contribution in [2.75, 3.05) is 33.4 Å². The fourth-order valence-electron chi connectivity index (χ4n) is 2.71. The van der Waals surface area contributed by atoms with E-state index in [1.54, 1.807) is 27.9 Å². The second kappa shape index (κ2) is 14.2. The van der Waals surface area contributed by atoms with E-state index in [1.807, 2.05) is 25.1 Å². The van der Waals surface area contributed by atoms with Crippen LogP contribution in [-0.2, 0) is 20.7 Å². The summed E-state index contributed by atoms with van der Waals surface area (Å²) in [7, 11) is 1.59. The van der Waals surface area contributed by atoms with E-state index in [0.717, 1.165) is 5.56 Å². The molecule has 1 aromatic carbocycles. The van der Waals surface area contributed by atoms with Gasteiger partial charge in [-0.1, -0.05) is 6.07 Å². The second-order valence-corrected chi connectivity index (χ2v) is 8.15. The molecule has 180 valence electrons. The Balaban J connectivity index is 2.15. The van der Waals surface area contributed by atoms with Gasteiger partial charge in [-0.3, -0.25) is 9.59 Å². The highest BCUT2D eigenvalue weighted by atomic mass is 16.6. The van der Waals surface area contributed by atoms with Gasteiger partial charge in [0.15, 0.2) is 11.5 Å². The number of hydrogen-bond donors (Lipinski definition) is 3. The van der Waals surface area contributed by atoms with Gasteiger partial charge in [-0.25, -0.2) is 4.79 Å². The number of carbonyl (C=O) groups is 3. The molecule has 0 radical (unpaired) electrons. The van der Waals surface area contributed by atoms with Crippen LogP contribution in [0.15, 0.2) is 18.2 Å². The van der Waals surface area contributed by atoms with Crippen molar-refractivity contribution in [2.24, 2.45) is 0 Å². The first-order valence-electron chi connectivity index (χ1n) is 10.9. The zero-order valence-electron chi connectivity index (χ0n) is 19.8. The zero-order chi connectivity index (χ0) is 24.0. The molecule has 9 heteroatoms. The summed E-state index contributed by atoms with van der Waals surface area (Å²) < 4.78 is 15.9. The third kappa shape index (κ3) is 12.0. The summed E-state index contributed by atoms with van der Waals surface area (Å²) >= 11 is 0. The number of amides is 3. The van der Waals surface area contributed by atoms with Crippen LogP contribution >= 0.6 is 0 Å². The molecule has 0 bridgehead atoms. The predicted molar refractivity (Wildman–Crippen MR) is 122 cm³/mol. The Morgan fingerprint density at radius 2 is 1.56 bits per heavy atom. The molecule has 0 aliphatic heterocycles. The molecule has 0 aliphatic rings. The van der Waals surface area contributed by atoms with Gasteiger partial charge in [0.05, 0.1) is 13.7 Å². The number of aryl methyl sites for hydroxylation is 1. The summed E-state index contributed by atoms with van der Waals surface area (Å²) in [6, 6.07) is 5.65. The molecule has 32 heavy (non-hydrogen) atoms. The summed E-state index contributed by atoms with van der Waals surface area (Å²) in [6.45, 7) is 8.91. The minimum absolute atomic E-state index is 0.0502. The number of carbonyl (C=O) groups excluding carboxylic acids is 3. The first kappa shape index (κ1) is 27.1. The zero-order valence-corrected chi connectivity index (χ0v) is 19.8. The normalized spacial score (nSPS) is 10.8. The van der Waals surface area contributed by atoms with Gasteiger partial charge in [-0.2, -0.15) is 0 Å². The number of ether oxygens (including phenoxy) is 3. The predicted octanol–water partition coefficient (Wildman–Crippen LogP) is 2.56. The van der Waals surface area contributed by atoms with Crippen LogP contribution in [0.4, 0.5) is 4.79 Å². The standard InChI is InChI=1S/C23H37N3O6/c1-6-31-18-10-8-17(16-19(18)30-5)9-11-20(27)24-13-7-14-25-21(28)12-15-26-22(29)32-23(2,3)4/h8,10,16H,6-7,9,11-15H2,1-5H3,(H,24,27)(H,25,28)(H,26,29). The Kier molecular flexibility index (Phi) is 12.0. The molecule has 0 atom stereocenters. The summed E-state index contributed by atoms with van der Waals surface area (Å²) in [5.41, 5.74) is 0.422. The van der Waals surface area contributed by atoms with Crippen molar-refractivity contribution in [1.82, 2.24) is 16.0 Å². The highest BCUT2D eigenvalue weighted by Gasteiger charge is 2.15. The molecule has 0 heterocycles. The Morgan fingerprint density at radius 1 is 0.906 bits per heavy atom. The van der Waals surface area contributed by atoms with E-state index < -0.39 is 11.7 Å². The Morgan fingerprint density at radius 3 is 2.16 bits per heavy atom. The maximum atomic E-state index is 12.0. The van der Waals surface area contributed by atoms with Crippen LogP contribution in [0.1, 0.15) is 52.5 Å². The third-order valence-corrected chi connectivity index (χ3v) is 4.19. The van der Waals surface area contributed by atoms with Gasteiger partial charge in [0, 0.05) is 32.5 Å². The maximum absolute atomic E-state index is 12.0. The fourth-order valence-corrected chi connectivity index (χ4v) is 2.71. The van der Waals surface area contributed by atoms with Crippen LogP contribution in [0.3, 0.4) is 0 Å². The van der Waals surface area contributed by atoms with Gasteiger partial charge >= 0.3 is 6.09 Å². The minimum Gasteiger partial charge on any atom is -0.493 e. The summed E-state index contributed by atoms with van der Waals surface area (Å²) in [4.78, 5) is 35.3. The van der Waals surface area contributed by atoms with E-state index in [9.17, 15) is 14.4 Å². The quantitative estimate of drug-likeness (QED) is 0.397. The van der Waals surface area contributed by atoms with Crippen LogP contribution < -0.4 is 25.4 Å². The van der Waals surface area contributed by atoms with Crippen molar-refractivity contribution in [3.8, 4) is 11.5 Å². The van der Waals surface area contributed by atoms with E-state index >= 15 is 0 Å². The van der Waals surface area contributed by atoms with Crippen molar-refractivity contribution >= 4 is 17.9 Å². The molecule has 0 saturated carbocycles. The molecule has 0 spiro atoms. The summed E-state index contributed by atoms with van der Waals surface area (Å²) in [5.74, 6) is 1.12. The Bertz CT molecular complexity index is 746. The minimum atomic E-state index is -0.572. The lowest BCUT2D eigenvalue weighted by atomic mass is 10.1. The van der Waals surface area contributed by atoms with Crippen LogP contribution in [0.2, 0.25) is 0 Å². The van der Waals surface area contributed by atoms with Gasteiger partial charge in [0.2, 0.25) is 11.8 Å².